The predicted molar refractivity (Wildman–Crippen MR) is 61.3 cm³/mol. The molecule has 1 aliphatic rings. The van der Waals surface area contributed by atoms with Gasteiger partial charge >= 0.3 is 0 Å². The first-order chi connectivity index (χ1) is 8.66. The fraction of sp³-hybridized carbons (Fsp3) is 0.417. The van der Waals surface area contributed by atoms with Gasteiger partial charge in [-0.3, -0.25) is 4.79 Å². The van der Waals surface area contributed by atoms with E-state index in [4.69, 9.17) is 4.74 Å². The summed E-state index contributed by atoms with van der Waals surface area (Å²) in [6, 6.07) is 2.79. The second kappa shape index (κ2) is 5.88. The third kappa shape index (κ3) is 3.24. The maximum Gasteiger partial charge on any atom is 0.254 e. The molecular weight excluding hydrogens is 242 g/mol. The second-order valence-corrected chi connectivity index (χ2v) is 4.03. The summed E-state index contributed by atoms with van der Waals surface area (Å²) in [5, 5.41) is 5.63. The predicted octanol–water partition coefficient (Wildman–Crippen LogP) is 0.683. The Morgan fingerprint density at radius 3 is 3.06 bits per heavy atom. The molecule has 1 fully saturated rings. The number of carbonyl (C=O) groups is 1. The number of hydrogen-bond donors (Lipinski definition) is 2. The van der Waals surface area contributed by atoms with Crippen molar-refractivity contribution in [3.05, 3.63) is 35.4 Å². The van der Waals surface area contributed by atoms with Gasteiger partial charge in [-0.15, -0.1) is 0 Å². The molecule has 1 aromatic carbocycles. The van der Waals surface area contributed by atoms with E-state index in [9.17, 15) is 13.6 Å². The summed E-state index contributed by atoms with van der Waals surface area (Å²) in [7, 11) is 0. The summed E-state index contributed by atoms with van der Waals surface area (Å²) in [6.45, 7) is 2.26. The van der Waals surface area contributed by atoms with Crippen molar-refractivity contribution in [3.63, 3.8) is 0 Å². The molecule has 6 heteroatoms. The Labute approximate surface area is 103 Å². The average Bonchev–Trinajstić information content (AvgIpc) is 2.40. The van der Waals surface area contributed by atoms with E-state index in [1.807, 2.05) is 0 Å². The molecule has 0 aliphatic carbocycles. The van der Waals surface area contributed by atoms with Crippen LogP contribution in [-0.4, -0.2) is 38.3 Å². The van der Waals surface area contributed by atoms with E-state index in [1.165, 1.54) is 0 Å². The van der Waals surface area contributed by atoms with Crippen molar-refractivity contribution in [2.45, 2.75) is 6.10 Å². The maximum absolute atomic E-state index is 13.3. The van der Waals surface area contributed by atoms with E-state index >= 15 is 0 Å². The molecule has 1 unspecified atom stereocenters. The van der Waals surface area contributed by atoms with Crippen molar-refractivity contribution in [2.24, 2.45) is 0 Å². The number of ether oxygens (including phenoxy) is 1. The molecular formula is C12H14F2N2O2. The SMILES string of the molecule is O=C(NCC1CNCCO1)c1cc(F)ccc1F. The Kier molecular flexibility index (Phi) is 4.22. The summed E-state index contributed by atoms with van der Waals surface area (Å²) in [5.74, 6) is -2.02. The Bertz CT molecular complexity index is 434. The molecule has 18 heavy (non-hydrogen) atoms. The number of benzene rings is 1. The highest BCUT2D eigenvalue weighted by atomic mass is 19.1. The van der Waals surface area contributed by atoms with Crippen LogP contribution in [0, 0.1) is 11.6 Å². The standard InChI is InChI=1S/C12H14F2N2O2/c13-8-1-2-11(14)10(5-8)12(17)16-7-9-6-15-3-4-18-9/h1-2,5,9,15H,3-4,6-7H2,(H,16,17). The lowest BCUT2D eigenvalue weighted by Crippen LogP contribution is -2.45. The number of amides is 1. The van der Waals surface area contributed by atoms with Crippen LogP contribution in [0.4, 0.5) is 8.78 Å². The summed E-state index contributed by atoms with van der Waals surface area (Å²) < 4.78 is 31.6. The van der Waals surface area contributed by atoms with Gasteiger partial charge in [0.05, 0.1) is 18.3 Å². The topological polar surface area (TPSA) is 50.4 Å². The molecule has 1 aliphatic heterocycles. The van der Waals surface area contributed by atoms with Crippen LogP contribution in [0.25, 0.3) is 0 Å². The molecule has 2 rings (SSSR count). The maximum atomic E-state index is 13.3. The van der Waals surface area contributed by atoms with E-state index in [2.05, 4.69) is 10.6 Å². The van der Waals surface area contributed by atoms with Gasteiger partial charge in [-0.2, -0.15) is 0 Å². The number of rotatable bonds is 3. The lowest BCUT2D eigenvalue weighted by molar-refractivity contribution is 0.0287. The Morgan fingerprint density at radius 2 is 2.33 bits per heavy atom. The zero-order valence-electron chi connectivity index (χ0n) is 9.71. The Morgan fingerprint density at radius 1 is 1.50 bits per heavy atom. The number of carbonyl (C=O) groups excluding carboxylic acids is 1. The lowest BCUT2D eigenvalue weighted by atomic mass is 10.2. The normalized spacial score (nSPS) is 19.6. The molecule has 0 aromatic heterocycles. The fourth-order valence-corrected chi connectivity index (χ4v) is 1.72. The number of halogens is 2. The van der Waals surface area contributed by atoms with E-state index < -0.39 is 17.5 Å². The molecule has 0 bridgehead atoms. The highest BCUT2D eigenvalue weighted by Crippen LogP contribution is 2.09. The zero-order valence-corrected chi connectivity index (χ0v) is 9.71. The molecule has 1 atom stereocenters. The highest BCUT2D eigenvalue weighted by molar-refractivity contribution is 5.94. The van der Waals surface area contributed by atoms with Gasteiger partial charge in [-0.25, -0.2) is 8.78 Å². The third-order valence-corrected chi connectivity index (χ3v) is 2.67. The first-order valence-electron chi connectivity index (χ1n) is 5.72. The minimum Gasteiger partial charge on any atom is -0.374 e. The van der Waals surface area contributed by atoms with Crippen LogP contribution in [0.1, 0.15) is 10.4 Å². The van der Waals surface area contributed by atoms with E-state index in [1.54, 1.807) is 0 Å². The fourth-order valence-electron chi connectivity index (χ4n) is 1.72. The average molecular weight is 256 g/mol. The third-order valence-electron chi connectivity index (χ3n) is 2.67. The molecule has 2 N–H and O–H groups in total. The molecule has 4 nitrogen and oxygen atoms in total. The smallest absolute Gasteiger partial charge is 0.254 e. The molecule has 1 amide bonds. The van der Waals surface area contributed by atoms with Crippen LogP contribution in [0.3, 0.4) is 0 Å². The molecule has 0 saturated carbocycles. The molecule has 1 aromatic rings. The van der Waals surface area contributed by atoms with Gasteiger partial charge in [-0.1, -0.05) is 0 Å². The van der Waals surface area contributed by atoms with Gasteiger partial charge in [-0.05, 0) is 18.2 Å². The second-order valence-electron chi connectivity index (χ2n) is 4.03. The molecule has 1 heterocycles. The monoisotopic (exact) mass is 256 g/mol. The molecule has 0 radical (unpaired) electrons. The van der Waals surface area contributed by atoms with Gasteiger partial charge in [0.15, 0.2) is 0 Å². The zero-order chi connectivity index (χ0) is 13.0. The van der Waals surface area contributed by atoms with Crippen molar-refractivity contribution in [1.82, 2.24) is 10.6 Å². The quantitative estimate of drug-likeness (QED) is 0.836. The van der Waals surface area contributed by atoms with E-state index in [-0.39, 0.29) is 18.2 Å². The van der Waals surface area contributed by atoms with Crippen molar-refractivity contribution < 1.29 is 18.3 Å². The van der Waals surface area contributed by atoms with E-state index in [0.717, 1.165) is 24.7 Å². The van der Waals surface area contributed by atoms with Gasteiger partial charge in [0, 0.05) is 19.6 Å². The van der Waals surface area contributed by atoms with Crippen LogP contribution in [-0.2, 0) is 4.74 Å². The summed E-state index contributed by atoms with van der Waals surface area (Å²) in [5.41, 5.74) is -0.293. The van der Waals surface area contributed by atoms with Crippen molar-refractivity contribution >= 4 is 5.91 Å². The minimum absolute atomic E-state index is 0.140. The van der Waals surface area contributed by atoms with Crippen molar-refractivity contribution in [2.75, 3.05) is 26.2 Å². The van der Waals surface area contributed by atoms with Gasteiger partial charge in [0.2, 0.25) is 0 Å². The van der Waals surface area contributed by atoms with Crippen LogP contribution >= 0.6 is 0 Å². The number of nitrogens with one attached hydrogen (secondary N) is 2. The van der Waals surface area contributed by atoms with Crippen LogP contribution < -0.4 is 10.6 Å². The van der Waals surface area contributed by atoms with Crippen LogP contribution in [0.15, 0.2) is 18.2 Å². The largest absolute Gasteiger partial charge is 0.374 e. The number of hydrogen-bond acceptors (Lipinski definition) is 3. The van der Waals surface area contributed by atoms with Crippen molar-refractivity contribution in [3.8, 4) is 0 Å². The Hall–Kier alpha value is -1.53. The number of morpholine rings is 1. The first-order valence-corrected chi connectivity index (χ1v) is 5.72. The molecule has 98 valence electrons. The van der Waals surface area contributed by atoms with Gasteiger partial charge < -0.3 is 15.4 Å². The first kappa shape index (κ1) is 12.9. The molecule has 0 spiro atoms. The van der Waals surface area contributed by atoms with E-state index in [0.29, 0.717) is 13.2 Å². The summed E-state index contributed by atoms with van der Waals surface area (Å²) in [4.78, 5) is 11.7. The van der Waals surface area contributed by atoms with Crippen LogP contribution in [0.5, 0.6) is 0 Å². The van der Waals surface area contributed by atoms with Gasteiger partial charge in [0.25, 0.3) is 5.91 Å². The molecule has 1 saturated heterocycles. The Balaban J connectivity index is 1.92. The lowest BCUT2D eigenvalue weighted by Gasteiger charge is -2.23. The van der Waals surface area contributed by atoms with Crippen molar-refractivity contribution in [1.29, 1.82) is 0 Å². The minimum atomic E-state index is -0.739. The summed E-state index contributed by atoms with van der Waals surface area (Å²) in [6.07, 6.45) is -0.140. The highest BCUT2D eigenvalue weighted by Gasteiger charge is 2.17. The summed E-state index contributed by atoms with van der Waals surface area (Å²) >= 11 is 0. The van der Waals surface area contributed by atoms with Gasteiger partial charge in [0.1, 0.15) is 11.6 Å². The van der Waals surface area contributed by atoms with Crippen LogP contribution in [0.2, 0.25) is 0 Å².